The molecule has 1 fully saturated rings. The van der Waals surface area contributed by atoms with Gasteiger partial charge < -0.3 is 19.9 Å². The van der Waals surface area contributed by atoms with Crippen LogP contribution in [0, 0.1) is 5.82 Å². The number of halogens is 4. The van der Waals surface area contributed by atoms with Crippen LogP contribution in [0.5, 0.6) is 5.88 Å². The van der Waals surface area contributed by atoms with Gasteiger partial charge in [-0.2, -0.15) is 13.2 Å². The summed E-state index contributed by atoms with van der Waals surface area (Å²) in [5, 5.41) is 13.1. The fraction of sp³-hybridized carbons (Fsp3) is 0.320. The second kappa shape index (κ2) is 10.0. The average molecular weight is 545 g/mol. The Balaban J connectivity index is 1.22. The first kappa shape index (κ1) is 26.1. The van der Waals surface area contributed by atoms with Crippen LogP contribution in [-0.2, 0) is 23.2 Å². The number of methoxy groups -OCH3 is 1. The van der Waals surface area contributed by atoms with E-state index < -0.39 is 23.3 Å². The van der Waals surface area contributed by atoms with Gasteiger partial charge in [-0.25, -0.2) is 14.4 Å². The molecule has 1 aliphatic rings. The maximum atomic E-state index is 14.8. The Hall–Kier alpha value is -4.49. The van der Waals surface area contributed by atoms with Gasteiger partial charge in [0.05, 0.1) is 19.7 Å². The number of aryl methyl sites for hydroxylation is 1. The Kier molecular flexibility index (Phi) is 6.70. The highest BCUT2D eigenvalue weighted by atomic mass is 19.4. The molecule has 0 spiro atoms. The molecule has 0 saturated heterocycles. The van der Waals surface area contributed by atoms with E-state index in [0.717, 1.165) is 6.07 Å². The van der Waals surface area contributed by atoms with Gasteiger partial charge in [0.25, 0.3) is 5.88 Å². The molecule has 1 amide bonds. The van der Waals surface area contributed by atoms with E-state index in [0.29, 0.717) is 35.2 Å². The summed E-state index contributed by atoms with van der Waals surface area (Å²) in [6, 6.07) is 5.36. The summed E-state index contributed by atoms with van der Waals surface area (Å²) in [4.78, 5) is 20.9. The predicted molar refractivity (Wildman–Crippen MR) is 131 cm³/mol. The van der Waals surface area contributed by atoms with Gasteiger partial charge >= 0.3 is 6.18 Å². The summed E-state index contributed by atoms with van der Waals surface area (Å²) in [6.07, 6.45) is -0.223. The lowest BCUT2D eigenvalue weighted by molar-refractivity contribution is -0.165. The van der Waals surface area contributed by atoms with Crippen LogP contribution in [0.2, 0.25) is 0 Å². The maximum Gasteiger partial charge on any atom is 0.401 e. The minimum absolute atomic E-state index is 0.0909. The van der Waals surface area contributed by atoms with E-state index in [1.807, 2.05) is 6.92 Å². The van der Waals surface area contributed by atoms with E-state index in [1.165, 1.54) is 31.6 Å². The molecule has 5 rings (SSSR count). The van der Waals surface area contributed by atoms with Crippen molar-refractivity contribution >= 4 is 23.4 Å². The minimum Gasteiger partial charge on any atom is -0.478 e. The summed E-state index contributed by atoms with van der Waals surface area (Å²) in [5.74, 6) is -1.12. The average Bonchev–Trinajstić information content (AvgIpc) is 3.45. The zero-order chi connectivity index (χ0) is 27.8. The van der Waals surface area contributed by atoms with Gasteiger partial charge in [0, 0.05) is 30.6 Å². The van der Waals surface area contributed by atoms with Crippen molar-refractivity contribution in [3.05, 3.63) is 60.0 Å². The van der Waals surface area contributed by atoms with Crippen molar-refractivity contribution in [2.75, 3.05) is 17.7 Å². The topological polar surface area (TPSA) is 120 Å². The number of hydrogen-bond acceptors (Lipinski definition) is 8. The van der Waals surface area contributed by atoms with Crippen molar-refractivity contribution < 1.29 is 31.6 Å². The Labute approximate surface area is 219 Å². The number of aromatic nitrogens is 5. The van der Waals surface area contributed by atoms with Gasteiger partial charge in [-0.3, -0.25) is 9.48 Å². The third-order valence-electron chi connectivity index (χ3n) is 6.42. The molecule has 3 heterocycles. The minimum atomic E-state index is -4.47. The zero-order valence-electron chi connectivity index (χ0n) is 20.8. The molecular formula is C25H23F4N7O3. The van der Waals surface area contributed by atoms with Crippen molar-refractivity contribution in [3.63, 3.8) is 0 Å². The molecule has 1 aromatic carbocycles. The molecule has 0 bridgehead atoms. The van der Waals surface area contributed by atoms with Gasteiger partial charge in [-0.1, -0.05) is 17.3 Å². The molecular weight excluding hydrogens is 522 g/mol. The Morgan fingerprint density at radius 1 is 1.18 bits per heavy atom. The van der Waals surface area contributed by atoms with Crippen LogP contribution in [0.15, 0.2) is 47.4 Å². The van der Waals surface area contributed by atoms with Gasteiger partial charge in [0.15, 0.2) is 11.6 Å². The van der Waals surface area contributed by atoms with Crippen LogP contribution in [0.1, 0.15) is 31.1 Å². The number of nitrogens with zero attached hydrogens (tertiary/aromatic N) is 5. The quantitative estimate of drug-likeness (QED) is 0.282. The van der Waals surface area contributed by atoms with Crippen molar-refractivity contribution in [2.24, 2.45) is 0 Å². The first-order chi connectivity index (χ1) is 18.6. The third kappa shape index (κ3) is 5.26. The normalized spacial score (nSPS) is 14.2. The summed E-state index contributed by atoms with van der Waals surface area (Å²) in [6.45, 7) is 2.60. The number of carbonyl (C=O) groups excluding carboxylic acids is 1. The molecule has 204 valence electrons. The SMILES string of the molecule is CCn1cc(Nc2ncc(-c3ccc(CC(=O)Nc4cc(C5(C(F)(F)F)CC5)on4)c(F)c3)cn2)c(OC)n1. The van der Waals surface area contributed by atoms with Crippen molar-refractivity contribution in [1.29, 1.82) is 0 Å². The molecule has 1 aliphatic carbocycles. The Bertz CT molecular complexity index is 1490. The molecule has 0 atom stereocenters. The van der Waals surface area contributed by atoms with Crippen LogP contribution in [-0.4, -0.2) is 44.1 Å². The van der Waals surface area contributed by atoms with Crippen molar-refractivity contribution in [2.45, 2.75) is 44.3 Å². The number of benzene rings is 1. The van der Waals surface area contributed by atoms with E-state index in [2.05, 4.69) is 30.9 Å². The molecule has 0 aliphatic heterocycles. The van der Waals surface area contributed by atoms with Crippen LogP contribution in [0.4, 0.5) is 35.0 Å². The molecule has 2 N–H and O–H groups in total. The van der Waals surface area contributed by atoms with E-state index in [4.69, 9.17) is 9.26 Å². The van der Waals surface area contributed by atoms with Gasteiger partial charge in [0.2, 0.25) is 11.9 Å². The Morgan fingerprint density at radius 3 is 2.54 bits per heavy atom. The second-order valence-electron chi connectivity index (χ2n) is 9.02. The van der Waals surface area contributed by atoms with E-state index in [-0.39, 0.29) is 36.4 Å². The predicted octanol–water partition coefficient (Wildman–Crippen LogP) is 5.01. The van der Waals surface area contributed by atoms with E-state index in [1.54, 1.807) is 16.9 Å². The van der Waals surface area contributed by atoms with E-state index >= 15 is 0 Å². The zero-order valence-corrected chi connectivity index (χ0v) is 20.8. The number of carbonyl (C=O) groups is 1. The number of amides is 1. The first-order valence-electron chi connectivity index (χ1n) is 11.9. The molecule has 0 radical (unpaired) electrons. The van der Waals surface area contributed by atoms with Gasteiger partial charge in [0.1, 0.15) is 16.9 Å². The van der Waals surface area contributed by atoms with E-state index in [9.17, 15) is 22.4 Å². The number of rotatable bonds is 9. The monoisotopic (exact) mass is 545 g/mol. The Morgan fingerprint density at radius 2 is 1.92 bits per heavy atom. The lowest BCUT2D eigenvalue weighted by atomic mass is 10.0. The number of ether oxygens (including phenoxy) is 1. The maximum absolute atomic E-state index is 14.8. The highest BCUT2D eigenvalue weighted by Gasteiger charge is 2.66. The second-order valence-corrected chi connectivity index (χ2v) is 9.02. The van der Waals surface area contributed by atoms with Gasteiger partial charge in [-0.15, -0.1) is 5.10 Å². The van der Waals surface area contributed by atoms with Crippen molar-refractivity contribution in [1.82, 2.24) is 24.9 Å². The largest absolute Gasteiger partial charge is 0.478 e. The summed E-state index contributed by atoms with van der Waals surface area (Å²) in [5.41, 5.74) is -0.333. The number of anilines is 3. The molecule has 1 saturated carbocycles. The lowest BCUT2D eigenvalue weighted by Crippen LogP contribution is -2.28. The molecule has 3 aromatic heterocycles. The molecule has 4 aromatic rings. The third-order valence-corrected chi connectivity index (χ3v) is 6.42. The molecule has 39 heavy (non-hydrogen) atoms. The lowest BCUT2D eigenvalue weighted by Gasteiger charge is -2.14. The highest BCUT2D eigenvalue weighted by molar-refractivity contribution is 5.91. The highest BCUT2D eigenvalue weighted by Crippen LogP contribution is 2.59. The summed E-state index contributed by atoms with van der Waals surface area (Å²) < 4.78 is 66.3. The molecule has 10 nitrogen and oxygen atoms in total. The first-order valence-corrected chi connectivity index (χ1v) is 11.9. The standard InChI is InChI=1S/C25H23F4N7O3/c1-3-36-13-18(22(34-36)38-2)32-23-30-11-16(12-31-23)14-4-5-15(17(26)8-14)9-21(37)33-20-10-19(39-35-20)24(6-7-24)25(27,28)29/h4-5,8,10-13H,3,6-7,9H2,1-2H3,(H,30,31,32)(H,33,35,37). The molecule has 14 heteroatoms. The smallest absolute Gasteiger partial charge is 0.401 e. The van der Waals surface area contributed by atoms with Crippen molar-refractivity contribution in [3.8, 4) is 17.0 Å². The van der Waals surface area contributed by atoms with Crippen LogP contribution < -0.4 is 15.4 Å². The van der Waals surface area contributed by atoms with Crippen LogP contribution in [0.25, 0.3) is 11.1 Å². The number of nitrogens with one attached hydrogen (secondary N) is 2. The van der Waals surface area contributed by atoms with Crippen LogP contribution in [0.3, 0.4) is 0 Å². The fourth-order valence-electron chi connectivity index (χ4n) is 4.05. The number of alkyl halides is 3. The van der Waals surface area contributed by atoms with Gasteiger partial charge in [-0.05, 0) is 37.0 Å². The summed E-state index contributed by atoms with van der Waals surface area (Å²) in [7, 11) is 1.50. The summed E-state index contributed by atoms with van der Waals surface area (Å²) >= 11 is 0. The molecule has 0 unspecified atom stereocenters. The number of hydrogen-bond donors (Lipinski definition) is 2. The fourth-order valence-corrected chi connectivity index (χ4v) is 4.05. The van der Waals surface area contributed by atoms with Crippen LogP contribution >= 0.6 is 0 Å².